The summed E-state index contributed by atoms with van der Waals surface area (Å²) in [6.07, 6.45) is -3.45. The Kier molecular flexibility index (Phi) is 6.54. The number of rotatable bonds is 6. The van der Waals surface area contributed by atoms with Crippen LogP contribution in [0.3, 0.4) is 0 Å². The maximum Gasteiger partial charge on any atom is 0.408 e. The van der Waals surface area contributed by atoms with Crippen LogP contribution in [-0.2, 0) is 17.7 Å². The van der Waals surface area contributed by atoms with E-state index in [0.29, 0.717) is 37.6 Å². The molecule has 0 aliphatic carbocycles. The minimum absolute atomic E-state index is 0.0303. The monoisotopic (exact) mass is 506 g/mol. The molecule has 2 aromatic rings. The third-order valence-electron chi connectivity index (χ3n) is 7.00. The van der Waals surface area contributed by atoms with Crippen molar-refractivity contribution in [2.45, 2.75) is 57.1 Å². The van der Waals surface area contributed by atoms with E-state index < -0.39 is 12.2 Å². The minimum Gasteiger partial charge on any atom is -0.374 e. The van der Waals surface area contributed by atoms with E-state index in [0.717, 1.165) is 12.0 Å². The Labute approximate surface area is 206 Å². The molecule has 5 rings (SSSR count). The maximum atomic E-state index is 14.0. The van der Waals surface area contributed by atoms with Crippen LogP contribution in [0, 0.1) is 0 Å². The SMILES string of the molecule is CCNC(=O)Nc1ccc(CCN2c3nc(N4C[C@H]5C[C@H]4CO5)cc(=O)n3CCC2C(F)(F)F)cc1. The fourth-order valence-electron chi connectivity index (χ4n) is 5.22. The molecule has 1 aromatic heterocycles. The highest BCUT2D eigenvalue weighted by Gasteiger charge is 2.47. The van der Waals surface area contributed by atoms with Gasteiger partial charge < -0.3 is 25.2 Å². The average molecular weight is 507 g/mol. The molecule has 0 saturated carbocycles. The first-order valence-corrected chi connectivity index (χ1v) is 12.2. The summed E-state index contributed by atoms with van der Waals surface area (Å²) in [5, 5.41) is 5.33. The highest BCUT2D eigenvalue weighted by molar-refractivity contribution is 5.89. The van der Waals surface area contributed by atoms with Crippen molar-refractivity contribution in [2.24, 2.45) is 0 Å². The Balaban J connectivity index is 1.38. The predicted molar refractivity (Wildman–Crippen MR) is 129 cm³/mol. The number of anilines is 3. The second-order valence-electron chi connectivity index (χ2n) is 9.37. The summed E-state index contributed by atoms with van der Waals surface area (Å²) in [6, 6.07) is 6.43. The van der Waals surface area contributed by atoms with E-state index in [1.165, 1.54) is 15.5 Å². The predicted octanol–water partition coefficient (Wildman–Crippen LogP) is 2.75. The van der Waals surface area contributed by atoms with Crippen molar-refractivity contribution in [3.63, 3.8) is 0 Å². The topological polar surface area (TPSA) is 91.7 Å². The second-order valence-corrected chi connectivity index (χ2v) is 9.37. The van der Waals surface area contributed by atoms with Crippen molar-refractivity contribution >= 4 is 23.5 Å². The number of hydrogen-bond donors (Lipinski definition) is 2. The molecule has 12 heteroatoms. The summed E-state index contributed by atoms with van der Waals surface area (Å²) in [7, 11) is 0. The zero-order valence-corrected chi connectivity index (χ0v) is 19.9. The van der Waals surface area contributed by atoms with Crippen molar-refractivity contribution in [1.29, 1.82) is 0 Å². The third-order valence-corrected chi connectivity index (χ3v) is 7.00. The molecule has 2 bridgehead atoms. The number of aromatic nitrogens is 2. The van der Waals surface area contributed by atoms with Crippen molar-refractivity contribution < 1.29 is 22.7 Å². The lowest BCUT2D eigenvalue weighted by Gasteiger charge is -2.39. The van der Waals surface area contributed by atoms with Crippen LogP contribution in [0.2, 0.25) is 0 Å². The van der Waals surface area contributed by atoms with Gasteiger partial charge in [0.05, 0.1) is 18.8 Å². The molecule has 2 amide bonds. The van der Waals surface area contributed by atoms with E-state index >= 15 is 0 Å². The lowest BCUT2D eigenvalue weighted by Crippen LogP contribution is -2.53. The Hall–Kier alpha value is -3.28. The van der Waals surface area contributed by atoms with Crippen LogP contribution in [0.15, 0.2) is 35.1 Å². The van der Waals surface area contributed by atoms with Crippen LogP contribution in [0.25, 0.3) is 0 Å². The summed E-state index contributed by atoms with van der Waals surface area (Å²) in [6.45, 7) is 3.43. The van der Waals surface area contributed by atoms with Gasteiger partial charge in [0.1, 0.15) is 11.9 Å². The van der Waals surface area contributed by atoms with Gasteiger partial charge in [-0.05, 0) is 43.9 Å². The molecule has 3 aliphatic rings. The van der Waals surface area contributed by atoms with Crippen LogP contribution in [0.5, 0.6) is 0 Å². The van der Waals surface area contributed by atoms with Gasteiger partial charge in [-0.1, -0.05) is 12.1 Å². The molecule has 2 N–H and O–H groups in total. The number of halogens is 3. The number of carbonyl (C=O) groups is 1. The largest absolute Gasteiger partial charge is 0.408 e. The molecule has 3 atom stereocenters. The molecule has 1 unspecified atom stereocenters. The zero-order valence-electron chi connectivity index (χ0n) is 19.9. The lowest BCUT2D eigenvalue weighted by molar-refractivity contribution is -0.152. The molecule has 1 aromatic carbocycles. The first-order chi connectivity index (χ1) is 17.2. The van der Waals surface area contributed by atoms with Crippen LogP contribution in [0.4, 0.5) is 35.4 Å². The van der Waals surface area contributed by atoms with Gasteiger partial charge in [0.2, 0.25) is 5.95 Å². The van der Waals surface area contributed by atoms with E-state index in [2.05, 4.69) is 15.6 Å². The van der Waals surface area contributed by atoms with Crippen LogP contribution < -0.4 is 26.0 Å². The van der Waals surface area contributed by atoms with Crippen LogP contribution >= 0.6 is 0 Å². The van der Waals surface area contributed by atoms with Crippen LogP contribution in [0.1, 0.15) is 25.3 Å². The minimum atomic E-state index is -4.46. The summed E-state index contributed by atoms with van der Waals surface area (Å²) in [4.78, 5) is 32.4. The van der Waals surface area contributed by atoms with Gasteiger partial charge in [-0.25, -0.2) is 4.79 Å². The van der Waals surface area contributed by atoms with Gasteiger partial charge in [-0.3, -0.25) is 9.36 Å². The van der Waals surface area contributed by atoms with Gasteiger partial charge in [-0.15, -0.1) is 0 Å². The Bertz CT molecular complexity index is 1170. The molecular weight excluding hydrogens is 477 g/mol. The maximum absolute atomic E-state index is 14.0. The standard InChI is InChI=1S/C24H29F3N6O3/c1-2-28-22(35)29-16-5-3-15(4-6-16)7-9-31-19(24(25,26)27)8-10-32-21(34)12-20(30-23(31)32)33-13-18-11-17(33)14-36-18/h3-6,12,17-19H,2,7-11,13-14H2,1H3,(H2,28,29,35)/t17-,18+,19?/m0/s1. The average Bonchev–Trinajstić information content (AvgIpc) is 3.47. The molecular formula is C24H29F3N6O3. The molecule has 9 nitrogen and oxygen atoms in total. The Morgan fingerprint density at radius 1 is 1.25 bits per heavy atom. The van der Waals surface area contributed by atoms with Crippen molar-refractivity contribution in [1.82, 2.24) is 14.9 Å². The van der Waals surface area contributed by atoms with Crippen molar-refractivity contribution in [3.05, 3.63) is 46.2 Å². The summed E-state index contributed by atoms with van der Waals surface area (Å²) < 4.78 is 49.1. The molecule has 3 aliphatic heterocycles. The lowest BCUT2D eigenvalue weighted by atomic mass is 10.1. The van der Waals surface area contributed by atoms with Gasteiger partial charge in [0.15, 0.2) is 0 Å². The van der Waals surface area contributed by atoms with E-state index in [1.54, 1.807) is 24.3 Å². The zero-order chi connectivity index (χ0) is 25.4. The van der Waals surface area contributed by atoms with E-state index in [1.807, 2.05) is 11.8 Å². The third kappa shape index (κ3) is 4.86. The van der Waals surface area contributed by atoms with Crippen molar-refractivity contribution in [2.75, 3.05) is 41.4 Å². The first kappa shape index (κ1) is 24.4. The van der Waals surface area contributed by atoms with E-state index in [-0.39, 0.29) is 49.2 Å². The fraction of sp³-hybridized carbons (Fsp3) is 0.542. The smallest absolute Gasteiger partial charge is 0.374 e. The molecule has 36 heavy (non-hydrogen) atoms. The number of morpholine rings is 1. The number of ether oxygens (including phenoxy) is 1. The number of nitrogens with zero attached hydrogens (tertiary/aromatic N) is 4. The number of amides is 2. The van der Waals surface area contributed by atoms with Gasteiger partial charge in [-0.2, -0.15) is 18.2 Å². The van der Waals surface area contributed by atoms with E-state index in [4.69, 9.17) is 4.74 Å². The molecule has 2 saturated heterocycles. The number of nitrogens with one attached hydrogen (secondary N) is 2. The number of carbonyl (C=O) groups excluding carboxylic acids is 1. The van der Waals surface area contributed by atoms with Gasteiger partial charge in [0.25, 0.3) is 5.56 Å². The molecule has 194 valence electrons. The molecule has 0 radical (unpaired) electrons. The first-order valence-electron chi connectivity index (χ1n) is 12.2. The Morgan fingerprint density at radius 2 is 2.03 bits per heavy atom. The summed E-state index contributed by atoms with van der Waals surface area (Å²) in [5.74, 6) is 0.472. The van der Waals surface area contributed by atoms with Gasteiger partial charge >= 0.3 is 12.2 Å². The van der Waals surface area contributed by atoms with Crippen LogP contribution in [-0.4, -0.2) is 66.2 Å². The number of benzene rings is 1. The number of hydrogen-bond acceptors (Lipinski definition) is 6. The molecule has 4 heterocycles. The quantitative estimate of drug-likeness (QED) is 0.626. The number of fused-ring (bicyclic) bond motifs is 3. The summed E-state index contributed by atoms with van der Waals surface area (Å²) >= 11 is 0. The fourth-order valence-corrected chi connectivity index (χ4v) is 5.22. The number of urea groups is 1. The van der Waals surface area contributed by atoms with Crippen molar-refractivity contribution in [3.8, 4) is 0 Å². The highest BCUT2D eigenvalue weighted by Crippen LogP contribution is 2.36. The summed E-state index contributed by atoms with van der Waals surface area (Å²) in [5.41, 5.74) is 1.05. The molecule has 0 spiro atoms. The normalized spacial score (nSPS) is 23.1. The van der Waals surface area contributed by atoms with E-state index in [9.17, 15) is 22.8 Å². The second kappa shape index (κ2) is 9.64. The highest BCUT2D eigenvalue weighted by atomic mass is 19.4. The number of alkyl halides is 3. The van der Waals surface area contributed by atoms with Gasteiger partial charge in [0, 0.05) is 37.9 Å². The molecule has 2 fully saturated rings. The Morgan fingerprint density at radius 3 is 2.67 bits per heavy atom.